The van der Waals surface area contributed by atoms with Crippen molar-refractivity contribution in [1.82, 2.24) is 4.90 Å². The highest BCUT2D eigenvalue weighted by molar-refractivity contribution is 5.88. The highest BCUT2D eigenvalue weighted by atomic mass is 16.5. The lowest BCUT2D eigenvalue weighted by atomic mass is 10.0. The Kier molecular flexibility index (Phi) is 5.29. The summed E-state index contributed by atoms with van der Waals surface area (Å²) in [7, 11) is 3.47. The van der Waals surface area contributed by atoms with Gasteiger partial charge in [0.1, 0.15) is 11.3 Å². The Bertz CT molecular complexity index is 493. The Morgan fingerprint density at radius 1 is 1.41 bits per heavy atom. The summed E-state index contributed by atoms with van der Waals surface area (Å²) in [5, 5.41) is 3.29. The number of likely N-dealkylation sites (N-methyl/N-ethyl adjacent to an activating group) is 1. The molecule has 0 saturated carbocycles. The van der Waals surface area contributed by atoms with Gasteiger partial charge in [-0.05, 0) is 51.0 Å². The smallest absolute Gasteiger partial charge is 0.247 e. The van der Waals surface area contributed by atoms with Gasteiger partial charge in [0.25, 0.3) is 0 Å². The van der Waals surface area contributed by atoms with E-state index in [0.717, 1.165) is 30.9 Å². The molecule has 1 atom stereocenters. The average molecular weight is 306 g/mol. The first kappa shape index (κ1) is 16.6. The first-order chi connectivity index (χ1) is 10.4. The van der Waals surface area contributed by atoms with E-state index in [1.165, 1.54) is 0 Å². The van der Waals surface area contributed by atoms with Crippen LogP contribution in [0.15, 0.2) is 24.3 Å². The number of carbonyl (C=O) groups is 1. The number of nitrogens with zero attached hydrogens (tertiary/aromatic N) is 1. The van der Waals surface area contributed by atoms with Gasteiger partial charge in [-0.2, -0.15) is 0 Å². The molecule has 5 heteroatoms. The number of carbonyl (C=O) groups excluding carboxylic acids is 1. The Labute approximate surface area is 132 Å². The minimum atomic E-state index is -0.679. The van der Waals surface area contributed by atoms with Crippen LogP contribution in [0.5, 0.6) is 5.75 Å². The lowest BCUT2D eigenvalue weighted by Crippen LogP contribution is -2.50. The zero-order chi connectivity index (χ0) is 16.2. The molecule has 22 heavy (non-hydrogen) atoms. The van der Waals surface area contributed by atoms with Crippen molar-refractivity contribution in [2.75, 3.05) is 32.6 Å². The summed E-state index contributed by atoms with van der Waals surface area (Å²) in [6, 6.07) is 7.57. The molecule has 1 aliphatic rings. The molecule has 1 aromatic rings. The summed E-state index contributed by atoms with van der Waals surface area (Å²) in [6.07, 6.45) is 2.29. The molecule has 1 fully saturated rings. The fraction of sp³-hybridized carbons (Fsp3) is 0.588. The molecule has 1 N–H and O–H groups in total. The first-order valence-corrected chi connectivity index (χ1v) is 7.72. The number of amides is 1. The van der Waals surface area contributed by atoms with Gasteiger partial charge in [0.15, 0.2) is 0 Å². The van der Waals surface area contributed by atoms with Crippen molar-refractivity contribution < 1.29 is 14.3 Å². The molecule has 1 aliphatic heterocycles. The quantitative estimate of drug-likeness (QED) is 0.877. The van der Waals surface area contributed by atoms with E-state index >= 15 is 0 Å². The van der Waals surface area contributed by atoms with Crippen molar-refractivity contribution in [3.05, 3.63) is 24.3 Å². The highest BCUT2D eigenvalue weighted by Gasteiger charge is 2.32. The molecule has 0 aliphatic carbocycles. The molecule has 1 amide bonds. The van der Waals surface area contributed by atoms with Crippen LogP contribution >= 0.6 is 0 Å². The molecule has 0 spiro atoms. The van der Waals surface area contributed by atoms with E-state index in [-0.39, 0.29) is 12.0 Å². The van der Waals surface area contributed by atoms with Crippen LogP contribution < -0.4 is 10.1 Å². The Hall–Kier alpha value is -1.75. The summed E-state index contributed by atoms with van der Waals surface area (Å²) in [6.45, 7) is 5.24. The van der Waals surface area contributed by atoms with Crippen LogP contribution in [0.2, 0.25) is 0 Å². The molecule has 0 radical (unpaired) electrons. The number of hydrogen-bond acceptors (Lipinski definition) is 4. The van der Waals surface area contributed by atoms with Crippen LogP contribution in [0.25, 0.3) is 0 Å². The predicted octanol–water partition coefficient (Wildman–Crippen LogP) is 2.52. The predicted molar refractivity (Wildman–Crippen MR) is 87.3 cm³/mol. The summed E-state index contributed by atoms with van der Waals surface area (Å²) in [5.74, 6) is 0.851. The van der Waals surface area contributed by atoms with Crippen molar-refractivity contribution in [3.63, 3.8) is 0 Å². The molecule has 0 bridgehead atoms. The Morgan fingerprint density at radius 2 is 2.09 bits per heavy atom. The SMILES string of the molecule is COc1ccc(NC(C)(C)C(=O)N(C)CC2CCCO2)cc1. The van der Waals surface area contributed by atoms with E-state index < -0.39 is 5.54 Å². The van der Waals surface area contributed by atoms with E-state index in [1.807, 2.05) is 45.2 Å². The second-order valence-corrected chi connectivity index (χ2v) is 6.30. The van der Waals surface area contributed by atoms with Crippen LogP contribution in [0, 0.1) is 0 Å². The van der Waals surface area contributed by atoms with Crippen LogP contribution in [-0.2, 0) is 9.53 Å². The molecule has 1 unspecified atom stereocenters. The fourth-order valence-corrected chi connectivity index (χ4v) is 2.74. The van der Waals surface area contributed by atoms with Gasteiger partial charge in [-0.1, -0.05) is 0 Å². The second-order valence-electron chi connectivity index (χ2n) is 6.30. The lowest BCUT2D eigenvalue weighted by Gasteiger charge is -2.32. The van der Waals surface area contributed by atoms with E-state index in [1.54, 1.807) is 12.0 Å². The standard InChI is InChI=1S/C17H26N2O3/c1-17(2,18-13-7-9-14(21-4)10-8-13)16(20)19(3)12-15-6-5-11-22-15/h7-10,15,18H,5-6,11-12H2,1-4H3. The van der Waals surface area contributed by atoms with Gasteiger partial charge in [0.05, 0.1) is 13.2 Å². The van der Waals surface area contributed by atoms with Crippen molar-refractivity contribution >= 4 is 11.6 Å². The monoisotopic (exact) mass is 306 g/mol. The molecule has 5 nitrogen and oxygen atoms in total. The van der Waals surface area contributed by atoms with Crippen molar-refractivity contribution in [2.45, 2.75) is 38.3 Å². The van der Waals surface area contributed by atoms with E-state index in [9.17, 15) is 4.79 Å². The number of ether oxygens (including phenoxy) is 2. The van der Waals surface area contributed by atoms with Crippen molar-refractivity contribution in [1.29, 1.82) is 0 Å². The summed E-state index contributed by atoms with van der Waals surface area (Å²) in [5.41, 5.74) is 0.215. The molecular weight excluding hydrogens is 280 g/mol. The zero-order valence-electron chi connectivity index (χ0n) is 13.9. The van der Waals surface area contributed by atoms with Crippen LogP contribution in [0.4, 0.5) is 5.69 Å². The molecular formula is C17H26N2O3. The van der Waals surface area contributed by atoms with E-state index in [4.69, 9.17) is 9.47 Å². The number of methoxy groups -OCH3 is 1. The lowest BCUT2D eigenvalue weighted by molar-refractivity contribution is -0.135. The van der Waals surface area contributed by atoms with Gasteiger partial charge < -0.3 is 19.7 Å². The van der Waals surface area contributed by atoms with Crippen LogP contribution in [0.3, 0.4) is 0 Å². The van der Waals surface area contributed by atoms with Gasteiger partial charge in [0, 0.05) is 25.9 Å². The van der Waals surface area contributed by atoms with E-state index in [2.05, 4.69) is 5.32 Å². The molecule has 0 aromatic heterocycles. The topological polar surface area (TPSA) is 50.8 Å². The van der Waals surface area contributed by atoms with Crippen LogP contribution in [-0.4, -0.2) is 49.8 Å². The van der Waals surface area contributed by atoms with Crippen molar-refractivity contribution in [2.24, 2.45) is 0 Å². The van der Waals surface area contributed by atoms with Gasteiger partial charge in [-0.25, -0.2) is 0 Å². The Balaban J connectivity index is 1.96. The third-order valence-electron chi connectivity index (χ3n) is 3.93. The molecule has 122 valence electrons. The summed E-state index contributed by atoms with van der Waals surface area (Å²) >= 11 is 0. The molecule has 2 rings (SSSR count). The summed E-state index contributed by atoms with van der Waals surface area (Å²) < 4.78 is 10.7. The number of anilines is 1. The molecule has 1 saturated heterocycles. The Morgan fingerprint density at radius 3 is 2.64 bits per heavy atom. The van der Waals surface area contributed by atoms with Gasteiger partial charge >= 0.3 is 0 Å². The second kappa shape index (κ2) is 7.01. The zero-order valence-corrected chi connectivity index (χ0v) is 13.9. The maximum absolute atomic E-state index is 12.7. The summed E-state index contributed by atoms with van der Waals surface area (Å²) in [4.78, 5) is 14.4. The number of benzene rings is 1. The normalized spacial score (nSPS) is 18.1. The van der Waals surface area contributed by atoms with Gasteiger partial charge in [-0.15, -0.1) is 0 Å². The molecule has 1 heterocycles. The number of rotatable bonds is 6. The third-order valence-corrected chi connectivity index (χ3v) is 3.93. The van der Waals surface area contributed by atoms with Gasteiger partial charge in [-0.3, -0.25) is 4.79 Å². The fourth-order valence-electron chi connectivity index (χ4n) is 2.74. The number of hydrogen-bond donors (Lipinski definition) is 1. The van der Waals surface area contributed by atoms with Crippen molar-refractivity contribution in [3.8, 4) is 5.75 Å². The van der Waals surface area contributed by atoms with Crippen LogP contribution in [0.1, 0.15) is 26.7 Å². The highest BCUT2D eigenvalue weighted by Crippen LogP contribution is 2.21. The third kappa shape index (κ3) is 4.13. The number of nitrogens with one attached hydrogen (secondary N) is 1. The van der Waals surface area contributed by atoms with Gasteiger partial charge in [0.2, 0.25) is 5.91 Å². The van der Waals surface area contributed by atoms with E-state index in [0.29, 0.717) is 6.54 Å². The molecule has 1 aromatic carbocycles. The largest absolute Gasteiger partial charge is 0.497 e. The maximum atomic E-state index is 12.7. The maximum Gasteiger partial charge on any atom is 0.247 e. The first-order valence-electron chi connectivity index (χ1n) is 7.72. The average Bonchev–Trinajstić information content (AvgIpc) is 2.99. The minimum Gasteiger partial charge on any atom is -0.497 e. The minimum absolute atomic E-state index is 0.0545.